The topological polar surface area (TPSA) is 176 Å². The smallest absolute Gasteiger partial charge is 0.254 e. The number of halogens is 2. The van der Waals surface area contributed by atoms with E-state index in [9.17, 15) is 34.2 Å². The molecular formula is C64H68Cl2N4O11. The molecule has 0 aromatic heterocycles. The number of amides is 4. The SMILES string of the molecule is COc1cc2c(cc1OCCCC(=O)N1C[C@@H](CCl)c3c1cc(O)c1ccccc31)CC(=O)[C@@H]1CCCCN1C2=O.COc1cc2c(cc1OCCCC(=O)N1C[C@@H](CCl)c3c1cc(O)c1ccccc31)CC[C@@H]1CCCCN1C2=O. The maximum Gasteiger partial charge on any atom is 0.254 e. The Morgan fingerprint density at radius 1 is 0.580 bits per heavy atom. The van der Waals surface area contributed by atoms with E-state index in [2.05, 4.69) is 0 Å². The minimum atomic E-state index is -0.362. The van der Waals surface area contributed by atoms with Crippen LogP contribution < -0.4 is 28.7 Å². The van der Waals surface area contributed by atoms with Crippen LogP contribution in [0.15, 0.2) is 84.9 Å². The Bertz CT molecular complexity index is 3440. The molecule has 4 atom stereocenters. The molecule has 424 valence electrons. The third-order valence-electron chi connectivity index (χ3n) is 17.2. The van der Waals surface area contributed by atoms with Crippen LogP contribution in [0.3, 0.4) is 0 Å². The number of carbonyl (C=O) groups excluding carboxylic acids is 5. The third-order valence-corrected chi connectivity index (χ3v) is 18.0. The van der Waals surface area contributed by atoms with E-state index >= 15 is 0 Å². The second kappa shape index (κ2) is 24.1. The molecule has 0 radical (unpaired) electrons. The van der Waals surface area contributed by atoms with E-state index < -0.39 is 0 Å². The Kier molecular flexibility index (Phi) is 16.5. The van der Waals surface area contributed by atoms with Gasteiger partial charge in [-0.1, -0.05) is 48.5 Å². The molecule has 6 aliphatic rings. The average molecular weight is 1140 g/mol. The van der Waals surface area contributed by atoms with Gasteiger partial charge in [0.05, 0.1) is 44.8 Å². The summed E-state index contributed by atoms with van der Waals surface area (Å²) in [4.78, 5) is 73.4. The lowest BCUT2D eigenvalue weighted by Gasteiger charge is -2.34. The predicted octanol–water partition coefficient (Wildman–Crippen LogP) is 11.2. The van der Waals surface area contributed by atoms with E-state index in [1.54, 1.807) is 46.1 Å². The maximum atomic E-state index is 13.3. The van der Waals surface area contributed by atoms with Gasteiger partial charge in [-0.2, -0.15) is 0 Å². The van der Waals surface area contributed by atoms with Crippen molar-refractivity contribution in [1.82, 2.24) is 9.80 Å². The van der Waals surface area contributed by atoms with Gasteiger partial charge in [0, 0.05) is 109 Å². The molecule has 6 heterocycles. The van der Waals surface area contributed by atoms with E-state index in [4.69, 9.17) is 42.1 Å². The number of phenolic OH excluding ortho intramolecular Hbond substituents is 2. The van der Waals surface area contributed by atoms with Crippen LogP contribution in [0.2, 0.25) is 0 Å². The van der Waals surface area contributed by atoms with Crippen LogP contribution in [0.25, 0.3) is 21.5 Å². The number of phenols is 2. The van der Waals surface area contributed by atoms with Gasteiger partial charge in [-0.25, -0.2) is 0 Å². The number of carbonyl (C=O) groups is 5. The number of methoxy groups -OCH3 is 2. The number of Topliss-reactive ketones (excluding diaryl/α,β-unsaturated/α-hetero) is 1. The summed E-state index contributed by atoms with van der Waals surface area (Å²) in [6.07, 6.45) is 9.32. The van der Waals surface area contributed by atoms with Gasteiger partial charge in [0.2, 0.25) is 11.8 Å². The first kappa shape index (κ1) is 55.7. The molecule has 17 heteroatoms. The molecule has 12 rings (SSSR count). The summed E-state index contributed by atoms with van der Waals surface area (Å²) in [6.45, 7) is 2.96. The summed E-state index contributed by atoms with van der Waals surface area (Å²) in [5.74, 6) is 2.98. The number of piperidine rings is 2. The van der Waals surface area contributed by atoms with Crippen molar-refractivity contribution in [2.75, 3.05) is 75.2 Å². The number of anilines is 2. The summed E-state index contributed by atoms with van der Waals surface area (Å²) in [5, 5.41) is 24.6. The molecule has 81 heavy (non-hydrogen) atoms. The van der Waals surface area contributed by atoms with Crippen molar-refractivity contribution < 1.29 is 53.1 Å². The number of benzene rings is 6. The molecule has 0 aliphatic carbocycles. The van der Waals surface area contributed by atoms with Crippen molar-refractivity contribution in [3.63, 3.8) is 0 Å². The second-order valence-corrected chi connectivity index (χ2v) is 22.6. The molecular weight excluding hydrogens is 1070 g/mol. The standard InChI is InChI=1S/C32H33ClN2O6.C32H35ClN2O5/c1-40-28-15-23-19(13-27(37)24-9-4-5-11-34(24)32(23)39)14-29(28)41-12-6-10-30(38)35-18-20(17-33)31-22-8-3-2-7-21(22)26(36)16-25(31)35;1-39-28-16-25-20(11-12-22-7-4-5-13-34(22)32(25)38)15-29(28)40-14-6-10-30(37)35-19-21(18-33)31-24-9-3-2-8-23(24)27(36)17-26(31)35/h2-3,7-8,14-16,20,24,36H,4-6,9-13,17-18H2,1H3;2-3,8-9,15-17,21-22,36H,4-7,10-14,18-19H2,1H3/t20-,24+;21-,22+/m11/s1. The van der Waals surface area contributed by atoms with Crippen molar-refractivity contribution in [1.29, 1.82) is 0 Å². The first-order valence-electron chi connectivity index (χ1n) is 28.4. The summed E-state index contributed by atoms with van der Waals surface area (Å²) < 4.78 is 23.3. The minimum Gasteiger partial charge on any atom is -0.507 e. The highest BCUT2D eigenvalue weighted by Gasteiger charge is 2.39. The lowest BCUT2D eigenvalue weighted by molar-refractivity contribution is -0.123. The summed E-state index contributed by atoms with van der Waals surface area (Å²) >= 11 is 12.6. The second-order valence-electron chi connectivity index (χ2n) is 22.0. The van der Waals surface area contributed by atoms with Crippen LogP contribution in [-0.2, 0) is 27.2 Å². The zero-order valence-electron chi connectivity index (χ0n) is 45.9. The van der Waals surface area contributed by atoms with Crippen molar-refractivity contribution in [3.05, 3.63) is 118 Å². The van der Waals surface area contributed by atoms with Crippen LogP contribution >= 0.6 is 23.2 Å². The predicted molar refractivity (Wildman–Crippen MR) is 313 cm³/mol. The molecule has 0 bridgehead atoms. The number of hydrogen-bond donors (Lipinski definition) is 2. The van der Waals surface area contributed by atoms with Crippen LogP contribution in [0.4, 0.5) is 11.4 Å². The van der Waals surface area contributed by atoms with Crippen LogP contribution in [0.5, 0.6) is 34.5 Å². The van der Waals surface area contributed by atoms with E-state index in [-0.39, 0.29) is 78.2 Å². The number of ether oxygens (including phenoxy) is 4. The molecule has 2 saturated heterocycles. The average Bonchev–Trinajstić information content (AvgIpc) is 4.18. The van der Waals surface area contributed by atoms with Crippen molar-refractivity contribution >= 4 is 85.5 Å². The Hall–Kier alpha value is -7.23. The van der Waals surface area contributed by atoms with E-state index in [1.165, 1.54) is 13.5 Å². The molecule has 0 unspecified atom stereocenters. The van der Waals surface area contributed by atoms with Gasteiger partial charge < -0.3 is 48.8 Å². The normalized spacial score (nSPS) is 20.0. The number of aryl methyl sites for hydroxylation is 1. The Morgan fingerprint density at radius 3 is 1.59 bits per heavy atom. The van der Waals surface area contributed by atoms with Gasteiger partial charge in [0.15, 0.2) is 28.8 Å². The highest BCUT2D eigenvalue weighted by Crippen LogP contribution is 2.47. The van der Waals surface area contributed by atoms with Crippen molar-refractivity contribution in [2.24, 2.45) is 0 Å². The third kappa shape index (κ3) is 10.8. The van der Waals surface area contributed by atoms with Gasteiger partial charge >= 0.3 is 0 Å². The fraction of sp³-hybridized carbons (Fsp3) is 0.422. The highest BCUT2D eigenvalue weighted by molar-refractivity contribution is 6.19. The van der Waals surface area contributed by atoms with E-state index in [0.717, 1.165) is 89.0 Å². The zero-order chi connectivity index (χ0) is 56.5. The van der Waals surface area contributed by atoms with Gasteiger partial charge in [-0.05, 0) is 121 Å². The molecule has 2 N–H and O–H groups in total. The van der Waals surface area contributed by atoms with Gasteiger partial charge in [-0.15, -0.1) is 23.2 Å². The highest BCUT2D eigenvalue weighted by atomic mass is 35.5. The van der Waals surface area contributed by atoms with Crippen molar-refractivity contribution in [2.45, 2.75) is 107 Å². The number of hydrogen-bond acceptors (Lipinski definition) is 11. The number of ketones is 1. The molecule has 6 aromatic rings. The summed E-state index contributed by atoms with van der Waals surface area (Å²) in [7, 11) is 3.10. The van der Waals surface area contributed by atoms with Crippen LogP contribution in [-0.4, -0.2) is 127 Å². The fourth-order valence-electron chi connectivity index (χ4n) is 13.2. The number of rotatable bonds is 14. The molecule has 0 spiro atoms. The zero-order valence-corrected chi connectivity index (χ0v) is 47.4. The number of fused-ring (bicyclic) bond motifs is 10. The lowest BCUT2D eigenvalue weighted by atomic mass is 9.95. The maximum absolute atomic E-state index is 13.3. The number of alkyl halides is 2. The number of aromatic hydroxyl groups is 2. The Morgan fingerprint density at radius 2 is 1.06 bits per heavy atom. The molecule has 4 amide bonds. The summed E-state index contributed by atoms with van der Waals surface area (Å²) in [5.41, 5.74) is 6.30. The van der Waals surface area contributed by atoms with Gasteiger partial charge in [0.25, 0.3) is 11.8 Å². The molecule has 6 aromatic carbocycles. The first-order chi connectivity index (χ1) is 39.4. The first-order valence-corrected chi connectivity index (χ1v) is 29.5. The molecule has 6 aliphatic heterocycles. The van der Waals surface area contributed by atoms with Gasteiger partial charge in [0.1, 0.15) is 11.5 Å². The Balaban J connectivity index is 0.000000170. The molecule has 2 fully saturated rings. The fourth-order valence-corrected chi connectivity index (χ4v) is 13.7. The number of nitrogens with zero attached hydrogens (tertiary/aromatic N) is 4. The quantitative estimate of drug-likeness (QED) is 0.0784. The van der Waals surface area contributed by atoms with E-state index in [1.807, 2.05) is 65.6 Å². The monoisotopic (exact) mass is 1140 g/mol. The minimum absolute atomic E-state index is 0.00840. The van der Waals surface area contributed by atoms with Gasteiger partial charge in [-0.3, -0.25) is 24.0 Å². The molecule has 15 nitrogen and oxygen atoms in total. The largest absolute Gasteiger partial charge is 0.507 e. The van der Waals surface area contributed by atoms with Crippen molar-refractivity contribution in [3.8, 4) is 34.5 Å². The lowest BCUT2D eigenvalue weighted by Crippen LogP contribution is -2.46. The summed E-state index contributed by atoms with van der Waals surface area (Å²) in [6, 6.07) is 25.8. The molecule has 0 saturated carbocycles. The van der Waals surface area contributed by atoms with E-state index in [0.29, 0.717) is 115 Å². The Labute approximate surface area is 481 Å². The van der Waals surface area contributed by atoms with Crippen LogP contribution in [0.1, 0.15) is 125 Å². The van der Waals surface area contributed by atoms with Crippen LogP contribution in [0, 0.1) is 0 Å².